The number of anilines is 1. The lowest BCUT2D eigenvalue weighted by molar-refractivity contribution is -0.134. The highest BCUT2D eigenvalue weighted by Gasteiger charge is 2.29. The van der Waals surface area contributed by atoms with Crippen molar-refractivity contribution in [3.05, 3.63) is 41.5 Å². The predicted octanol–water partition coefficient (Wildman–Crippen LogP) is 3.51. The van der Waals surface area contributed by atoms with Crippen LogP contribution in [0.1, 0.15) is 36.0 Å². The fourth-order valence-corrected chi connectivity index (χ4v) is 2.49. The van der Waals surface area contributed by atoms with E-state index < -0.39 is 12.6 Å². The number of hydrogen-bond acceptors (Lipinski definition) is 4. The van der Waals surface area contributed by atoms with Crippen molar-refractivity contribution in [3.8, 4) is 0 Å². The van der Waals surface area contributed by atoms with Gasteiger partial charge in [0.1, 0.15) is 0 Å². The summed E-state index contributed by atoms with van der Waals surface area (Å²) in [5, 5.41) is 6.94. The summed E-state index contributed by atoms with van der Waals surface area (Å²) in [6.07, 6.45) is -4.62. The van der Waals surface area contributed by atoms with Crippen LogP contribution in [-0.4, -0.2) is 22.9 Å². The van der Waals surface area contributed by atoms with Gasteiger partial charge in [0, 0.05) is 18.7 Å². The van der Waals surface area contributed by atoms with Crippen LogP contribution in [0.15, 0.2) is 28.8 Å². The van der Waals surface area contributed by atoms with Crippen LogP contribution in [0.25, 0.3) is 0 Å². The molecule has 0 aliphatic carbocycles. The van der Waals surface area contributed by atoms with E-state index in [0.29, 0.717) is 5.89 Å². The molecule has 0 bridgehead atoms. The first-order valence-corrected chi connectivity index (χ1v) is 6.75. The highest BCUT2D eigenvalue weighted by Crippen LogP contribution is 2.35. The Bertz CT molecular complexity index is 624. The van der Waals surface area contributed by atoms with Crippen LogP contribution in [0.4, 0.5) is 18.9 Å². The Balaban J connectivity index is 1.78. The van der Waals surface area contributed by atoms with Crippen molar-refractivity contribution >= 4 is 5.69 Å². The highest BCUT2D eigenvalue weighted by atomic mass is 19.4. The van der Waals surface area contributed by atoms with E-state index in [1.807, 2.05) is 24.3 Å². The molecule has 0 saturated heterocycles. The van der Waals surface area contributed by atoms with Gasteiger partial charge in [-0.15, -0.1) is 0 Å². The van der Waals surface area contributed by atoms with Gasteiger partial charge in [-0.05, 0) is 18.1 Å². The van der Waals surface area contributed by atoms with Crippen LogP contribution in [0.5, 0.6) is 0 Å². The Morgan fingerprint density at radius 1 is 1.29 bits per heavy atom. The summed E-state index contributed by atoms with van der Waals surface area (Å²) in [4.78, 5) is 4.13. The van der Waals surface area contributed by atoms with Gasteiger partial charge < -0.3 is 9.84 Å². The zero-order valence-corrected chi connectivity index (χ0v) is 11.2. The normalized spacial score (nSPS) is 18.1. The van der Waals surface area contributed by atoms with Gasteiger partial charge in [0.2, 0.25) is 5.89 Å². The number of rotatable bonds is 3. The molecule has 0 amide bonds. The lowest BCUT2D eigenvalue weighted by atomic mass is 9.91. The molecule has 2 heterocycles. The van der Waals surface area contributed by atoms with Crippen LogP contribution in [-0.2, 0) is 6.42 Å². The molecule has 1 unspecified atom stereocenters. The minimum atomic E-state index is -4.21. The van der Waals surface area contributed by atoms with Crippen LogP contribution in [0.3, 0.4) is 0 Å². The predicted molar refractivity (Wildman–Crippen MR) is 70.1 cm³/mol. The Morgan fingerprint density at radius 3 is 2.90 bits per heavy atom. The van der Waals surface area contributed by atoms with Crippen LogP contribution < -0.4 is 5.32 Å². The minimum absolute atomic E-state index is 0.0606. The van der Waals surface area contributed by atoms with Crippen molar-refractivity contribution in [2.24, 2.45) is 0 Å². The number of nitrogens with zero attached hydrogens (tertiary/aromatic N) is 2. The first kappa shape index (κ1) is 13.9. The van der Waals surface area contributed by atoms with Crippen molar-refractivity contribution in [3.63, 3.8) is 0 Å². The van der Waals surface area contributed by atoms with Crippen LogP contribution in [0.2, 0.25) is 0 Å². The molecule has 1 aromatic carbocycles. The van der Waals surface area contributed by atoms with Crippen molar-refractivity contribution in [2.45, 2.75) is 31.4 Å². The smallest absolute Gasteiger partial charge is 0.385 e. The summed E-state index contributed by atoms with van der Waals surface area (Å²) < 4.78 is 41.8. The maximum Gasteiger partial charge on any atom is 0.389 e. The van der Waals surface area contributed by atoms with Gasteiger partial charge in [0.25, 0.3) is 0 Å². The fraction of sp³-hybridized carbons (Fsp3) is 0.429. The van der Waals surface area contributed by atoms with E-state index in [0.717, 1.165) is 24.2 Å². The van der Waals surface area contributed by atoms with Gasteiger partial charge >= 0.3 is 6.18 Å². The topological polar surface area (TPSA) is 51.0 Å². The van der Waals surface area contributed by atoms with E-state index in [1.165, 1.54) is 0 Å². The molecule has 3 rings (SSSR count). The first-order chi connectivity index (χ1) is 10.0. The average Bonchev–Trinajstić information content (AvgIpc) is 2.92. The zero-order valence-electron chi connectivity index (χ0n) is 11.2. The maximum absolute atomic E-state index is 12.2. The maximum atomic E-state index is 12.2. The molecule has 1 aliphatic rings. The SMILES string of the molecule is FC(F)(F)CCc1noc(C2CCNc3ccccc32)n1. The molecule has 0 fully saturated rings. The van der Waals surface area contributed by atoms with E-state index in [2.05, 4.69) is 15.5 Å². The molecule has 1 N–H and O–H groups in total. The van der Waals surface area contributed by atoms with Gasteiger partial charge in [-0.2, -0.15) is 18.2 Å². The van der Waals surface area contributed by atoms with E-state index in [-0.39, 0.29) is 18.2 Å². The van der Waals surface area contributed by atoms with Crippen molar-refractivity contribution in [2.75, 3.05) is 11.9 Å². The number of halogens is 3. The number of hydrogen-bond donors (Lipinski definition) is 1. The lowest BCUT2D eigenvalue weighted by Gasteiger charge is -2.23. The monoisotopic (exact) mass is 297 g/mol. The Morgan fingerprint density at radius 2 is 2.10 bits per heavy atom. The molecule has 2 aromatic rings. The Labute approximate surface area is 119 Å². The van der Waals surface area contributed by atoms with Gasteiger partial charge in [0.05, 0.1) is 12.3 Å². The summed E-state index contributed by atoms with van der Waals surface area (Å²) in [7, 11) is 0. The Hall–Kier alpha value is -2.05. The summed E-state index contributed by atoms with van der Waals surface area (Å²) in [6.45, 7) is 0.766. The highest BCUT2D eigenvalue weighted by molar-refractivity contribution is 5.56. The molecule has 4 nitrogen and oxygen atoms in total. The molecule has 21 heavy (non-hydrogen) atoms. The molecule has 7 heteroatoms. The van der Waals surface area contributed by atoms with E-state index in [1.54, 1.807) is 0 Å². The van der Waals surface area contributed by atoms with Gasteiger partial charge in [0.15, 0.2) is 5.82 Å². The van der Waals surface area contributed by atoms with Crippen molar-refractivity contribution < 1.29 is 17.7 Å². The number of alkyl halides is 3. The quantitative estimate of drug-likeness (QED) is 0.942. The number of aromatic nitrogens is 2. The van der Waals surface area contributed by atoms with Crippen LogP contribution >= 0.6 is 0 Å². The lowest BCUT2D eigenvalue weighted by Crippen LogP contribution is -2.17. The van der Waals surface area contributed by atoms with E-state index in [9.17, 15) is 13.2 Å². The number of fused-ring (bicyclic) bond motifs is 1. The van der Waals surface area contributed by atoms with Gasteiger partial charge in [-0.3, -0.25) is 0 Å². The average molecular weight is 297 g/mol. The second kappa shape index (κ2) is 5.38. The van der Waals surface area contributed by atoms with Crippen molar-refractivity contribution in [1.29, 1.82) is 0 Å². The molecule has 1 aromatic heterocycles. The Kier molecular flexibility index (Phi) is 3.57. The largest absolute Gasteiger partial charge is 0.389 e. The number of benzene rings is 1. The molecule has 0 saturated carbocycles. The van der Waals surface area contributed by atoms with Gasteiger partial charge in [-0.1, -0.05) is 23.4 Å². The second-order valence-electron chi connectivity index (χ2n) is 5.02. The molecule has 112 valence electrons. The zero-order chi connectivity index (χ0) is 14.9. The molecular formula is C14H14F3N3O. The third kappa shape index (κ3) is 3.17. The molecule has 1 atom stereocenters. The summed E-state index contributed by atoms with van der Waals surface area (Å²) in [5.41, 5.74) is 2.04. The summed E-state index contributed by atoms with van der Waals surface area (Å²) >= 11 is 0. The third-order valence-electron chi connectivity index (χ3n) is 3.50. The second-order valence-corrected chi connectivity index (χ2v) is 5.02. The summed E-state index contributed by atoms with van der Waals surface area (Å²) in [5.74, 6) is 0.439. The molecular weight excluding hydrogens is 283 g/mol. The molecule has 0 spiro atoms. The molecule has 1 aliphatic heterocycles. The first-order valence-electron chi connectivity index (χ1n) is 6.75. The number of nitrogens with one attached hydrogen (secondary N) is 1. The third-order valence-corrected chi connectivity index (χ3v) is 3.50. The fourth-order valence-electron chi connectivity index (χ4n) is 2.49. The van der Waals surface area contributed by atoms with E-state index in [4.69, 9.17) is 4.52 Å². The number of para-hydroxylation sites is 1. The summed E-state index contributed by atoms with van der Waals surface area (Å²) in [6, 6.07) is 7.77. The van der Waals surface area contributed by atoms with Gasteiger partial charge in [-0.25, -0.2) is 0 Å². The molecule has 0 radical (unpaired) electrons. The minimum Gasteiger partial charge on any atom is -0.385 e. The van der Waals surface area contributed by atoms with E-state index >= 15 is 0 Å². The van der Waals surface area contributed by atoms with Crippen LogP contribution in [0, 0.1) is 0 Å². The van der Waals surface area contributed by atoms with Crippen molar-refractivity contribution in [1.82, 2.24) is 10.1 Å². The number of aryl methyl sites for hydroxylation is 1. The standard InChI is InChI=1S/C14H14F3N3O/c15-14(16,17)7-5-12-19-13(21-20-12)10-6-8-18-11-4-2-1-3-9(10)11/h1-4,10,18H,5-8H2.